The summed E-state index contributed by atoms with van der Waals surface area (Å²) in [5.41, 5.74) is 5.40. The van der Waals surface area contributed by atoms with Crippen molar-refractivity contribution < 1.29 is 9.53 Å². The zero-order valence-electron chi connectivity index (χ0n) is 12.3. The fraction of sp³-hybridized carbons (Fsp3) is 0.929. The van der Waals surface area contributed by atoms with Crippen LogP contribution in [0.4, 0.5) is 0 Å². The first-order valence-corrected chi connectivity index (χ1v) is 6.48. The van der Waals surface area contributed by atoms with Crippen LogP contribution >= 0.6 is 0 Å². The number of hydrogen-bond donors (Lipinski definition) is 1. The third-order valence-corrected chi connectivity index (χ3v) is 2.50. The maximum Gasteiger partial charge on any atom is 0.309 e. The van der Waals surface area contributed by atoms with Crippen LogP contribution in [0.1, 0.15) is 60.8 Å². The lowest BCUT2D eigenvalue weighted by atomic mass is 9.85. The average Bonchev–Trinajstić information content (AvgIpc) is 2.07. The van der Waals surface area contributed by atoms with E-state index in [1.54, 1.807) is 0 Å². The van der Waals surface area contributed by atoms with Crippen molar-refractivity contribution in [2.24, 2.45) is 17.1 Å². The molecule has 17 heavy (non-hydrogen) atoms. The minimum absolute atomic E-state index is 0.0570. The summed E-state index contributed by atoms with van der Waals surface area (Å²) in [4.78, 5) is 12.0. The van der Waals surface area contributed by atoms with Crippen LogP contribution in [0.2, 0.25) is 0 Å². The first-order valence-electron chi connectivity index (χ1n) is 6.48. The first kappa shape index (κ1) is 16.4. The SMILES string of the molecule is CC(C)(C)CCC(CCN)C(=O)OC(C)(C)C. The van der Waals surface area contributed by atoms with E-state index in [4.69, 9.17) is 10.5 Å². The highest BCUT2D eigenvalue weighted by Gasteiger charge is 2.25. The van der Waals surface area contributed by atoms with Gasteiger partial charge in [0.05, 0.1) is 5.92 Å². The molecule has 0 amide bonds. The van der Waals surface area contributed by atoms with Gasteiger partial charge in [-0.15, -0.1) is 0 Å². The zero-order valence-corrected chi connectivity index (χ0v) is 12.3. The molecule has 0 bridgehead atoms. The summed E-state index contributed by atoms with van der Waals surface area (Å²) in [6.07, 6.45) is 2.58. The molecule has 0 aromatic heterocycles. The summed E-state index contributed by atoms with van der Waals surface area (Å²) in [6, 6.07) is 0. The van der Waals surface area contributed by atoms with E-state index in [1.807, 2.05) is 20.8 Å². The Bertz CT molecular complexity index is 236. The van der Waals surface area contributed by atoms with Crippen LogP contribution in [0.5, 0.6) is 0 Å². The quantitative estimate of drug-likeness (QED) is 0.755. The van der Waals surface area contributed by atoms with E-state index in [0.29, 0.717) is 13.0 Å². The van der Waals surface area contributed by atoms with Gasteiger partial charge in [0.1, 0.15) is 5.60 Å². The lowest BCUT2D eigenvalue weighted by Gasteiger charge is -2.26. The second-order valence-corrected chi connectivity index (χ2v) is 6.91. The van der Waals surface area contributed by atoms with Crippen molar-refractivity contribution in [1.82, 2.24) is 0 Å². The Morgan fingerprint density at radius 3 is 2.00 bits per heavy atom. The summed E-state index contributed by atoms with van der Waals surface area (Å²) >= 11 is 0. The second-order valence-electron chi connectivity index (χ2n) is 6.91. The smallest absolute Gasteiger partial charge is 0.309 e. The van der Waals surface area contributed by atoms with Crippen molar-refractivity contribution in [2.75, 3.05) is 6.54 Å². The molecule has 0 fully saturated rings. The summed E-state index contributed by atoms with van der Waals surface area (Å²) < 4.78 is 5.42. The summed E-state index contributed by atoms with van der Waals surface area (Å²) in [5, 5.41) is 0. The van der Waals surface area contributed by atoms with E-state index in [-0.39, 0.29) is 17.3 Å². The van der Waals surface area contributed by atoms with Crippen LogP contribution in [0.25, 0.3) is 0 Å². The third kappa shape index (κ3) is 9.16. The molecule has 3 nitrogen and oxygen atoms in total. The molecular formula is C14H29NO2. The van der Waals surface area contributed by atoms with Crippen LogP contribution in [-0.2, 0) is 9.53 Å². The Balaban J connectivity index is 4.36. The van der Waals surface area contributed by atoms with Gasteiger partial charge < -0.3 is 10.5 Å². The monoisotopic (exact) mass is 243 g/mol. The topological polar surface area (TPSA) is 52.3 Å². The normalized spacial score (nSPS) is 14.5. The molecule has 0 aromatic carbocycles. The van der Waals surface area contributed by atoms with Crippen molar-refractivity contribution >= 4 is 5.97 Å². The fourth-order valence-corrected chi connectivity index (χ4v) is 1.57. The Hall–Kier alpha value is -0.570. The van der Waals surface area contributed by atoms with Crippen molar-refractivity contribution in [2.45, 2.75) is 66.4 Å². The van der Waals surface area contributed by atoms with Crippen molar-refractivity contribution in [3.8, 4) is 0 Å². The van der Waals surface area contributed by atoms with Gasteiger partial charge >= 0.3 is 5.97 Å². The van der Waals surface area contributed by atoms with Crippen LogP contribution in [0.15, 0.2) is 0 Å². The summed E-state index contributed by atoms with van der Waals surface area (Å²) in [6.45, 7) is 12.8. The summed E-state index contributed by atoms with van der Waals surface area (Å²) in [7, 11) is 0. The molecule has 0 radical (unpaired) electrons. The predicted octanol–water partition coefficient (Wildman–Crippen LogP) is 3.12. The molecule has 0 saturated carbocycles. The molecule has 3 heteroatoms. The largest absolute Gasteiger partial charge is 0.460 e. The van der Waals surface area contributed by atoms with Gasteiger partial charge in [0.15, 0.2) is 0 Å². The number of hydrogen-bond acceptors (Lipinski definition) is 3. The van der Waals surface area contributed by atoms with Gasteiger partial charge in [-0.25, -0.2) is 0 Å². The molecule has 0 heterocycles. The standard InChI is InChI=1S/C14H29NO2/c1-13(2,3)9-7-11(8-10-15)12(16)17-14(4,5)6/h11H,7-10,15H2,1-6H3. The van der Waals surface area contributed by atoms with Crippen LogP contribution in [0.3, 0.4) is 0 Å². The number of carbonyl (C=O) groups excluding carboxylic acids is 1. The highest BCUT2D eigenvalue weighted by atomic mass is 16.6. The van der Waals surface area contributed by atoms with E-state index in [9.17, 15) is 4.79 Å². The minimum Gasteiger partial charge on any atom is -0.460 e. The molecule has 0 aliphatic heterocycles. The molecule has 1 atom stereocenters. The van der Waals surface area contributed by atoms with Gasteiger partial charge in [-0.05, 0) is 52.0 Å². The number of nitrogens with two attached hydrogens (primary N) is 1. The Kier molecular flexibility index (Phi) is 6.17. The molecule has 2 N–H and O–H groups in total. The van der Waals surface area contributed by atoms with Crippen molar-refractivity contribution in [3.05, 3.63) is 0 Å². The molecule has 0 aliphatic rings. The molecule has 0 aliphatic carbocycles. The number of ether oxygens (including phenoxy) is 1. The van der Waals surface area contributed by atoms with E-state index in [0.717, 1.165) is 12.8 Å². The zero-order chi connectivity index (χ0) is 13.7. The van der Waals surface area contributed by atoms with E-state index in [1.165, 1.54) is 0 Å². The van der Waals surface area contributed by atoms with E-state index < -0.39 is 5.60 Å². The highest BCUT2D eigenvalue weighted by Crippen LogP contribution is 2.26. The van der Waals surface area contributed by atoms with Gasteiger partial charge in [0.25, 0.3) is 0 Å². The molecule has 0 saturated heterocycles. The average molecular weight is 243 g/mol. The fourth-order valence-electron chi connectivity index (χ4n) is 1.57. The lowest BCUT2D eigenvalue weighted by molar-refractivity contribution is -0.160. The highest BCUT2D eigenvalue weighted by molar-refractivity contribution is 5.72. The van der Waals surface area contributed by atoms with E-state index in [2.05, 4.69) is 20.8 Å². The predicted molar refractivity (Wildman–Crippen MR) is 71.7 cm³/mol. The van der Waals surface area contributed by atoms with Gasteiger partial charge in [0, 0.05) is 0 Å². The maximum atomic E-state index is 12.0. The Morgan fingerprint density at radius 1 is 1.12 bits per heavy atom. The van der Waals surface area contributed by atoms with Crippen molar-refractivity contribution in [3.63, 3.8) is 0 Å². The minimum atomic E-state index is -0.411. The molecule has 0 rings (SSSR count). The van der Waals surface area contributed by atoms with E-state index >= 15 is 0 Å². The first-order chi connectivity index (χ1) is 7.55. The molecule has 0 spiro atoms. The van der Waals surface area contributed by atoms with Crippen molar-refractivity contribution in [1.29, 1.82) is 0 Å². The Labute approximate surface area is 106 Å². The van der Waals surface area contributed by atoms with Gasteiger partial charge in [-0.3, -0.25) is 4.79 Å². The lowest BCUT2D eigenvalue weighted by Crippen LogP contribution is -2.30. The molecular weight excluding hydrogens is 214 g/mol. The molecule has 0 aromatic rings. The van der Waals surface area contributed by atoms with Crippen LogP contribution in [0, 0.1) is 11.3 Å². The number of rotatable bonds is 5. The van der Waals surface area contributed by atoms with Gasteiger partial charge in [0.2, 0.25) is 0 Å². The van der Waals surface area contributed by atoms with Gasteiger partial charge in [-0.1, -0.05) is 20.8 Å². The molecule has 1 unspecified atom stereocenters. The number of carbonyl (C=O) groups is 1. The second kappa shape index (κ2) is 6.39. The Morgan fingerprint density at radius 2 is 1.65 bits per heavy atom. The summed E-state index contributed by atoms with van der Waals surface area (Å²) in [5.74, 6) is -0.161. The van der Waals surface area contributed by atoms with Gasteiger partial charge in [-0.2, -0.15) is 0 Å². The number of esters is 1. The van der Waals surface area contributed by atoms with Crippen LogP contribution in [-0.4, -0.2) is 18.1 Å². The third-order valence-electron chi connectivity index (χ3n) is 2.50. The maximum absolute atomic E-state index is 12.0. The van der Waals surface area contributed by atoms with Crippen LogP contribution < -0.4 is 5.73 Å². The molecule has 102 valence electrons.